The summed E-state index contributed by atoms with van der Waals surface area (Å²) in [7, 11) is 1.55. The number of ether oxygens (including phenoxy) is 3. The van der Waals surface area contributed by atoms with E-state index < -0.39 is 5.91 Å². The lowest BCUT2D eigenvalue weighted by Gasteiger charge is -2.14. The average Bonchev–Trinajstić information content (AvgIpc) is 2.92. The van der Waals surface area contributed by atoms with Gasteiger partial charge in [0.2, 0.25) is 0 Å². The van der Waals surface area contributed by atoms with Gasteiger partial charge in [0.25, 0.3) is 5.91 Å². The molecule has 0 heterocycles. The van der Waals surface area contributed by atoms with Crippen molar-refractivity contribution in [2.24, 2.45) is 0 Å². The van der Waals surface area contributed by atoms with Gasteiger partial charge in [0.1, 0.15) is 24.0 Å². The van der Waals surface area contributed by atoms with Gasteiger partial charge in [-0.3, -0.25) is 4.79 Å². The Labute approximate surface area is 224 Å². The summed E-state index contributed by atoms with van der Waals surface area (Å²) in [6, 6.07) is 26.7. The second-order valence-electron chi connectivity index (χ2n) is 8.03. The summed E-state index contributed by atoms with van der Waals surface area (Å²) in [5, 5.41) is 14.7. The minimum absolute atomic E-state index is 0.0546. The predicted octanol–water partition coefficient (Wildman–Crippen LogP) is 7.13. The first-order valence-corrected chi connectivity index (χ1v) is 12.4. The molecule has 0 atom stereocenters. The van der Waals surface area contributed by atoms with Crippen molar-refractivity contribution in [1.82, 2.24) is 0 Å². The van der Waals surface area contributed by atoms with Gasteiger partial charge in [0.15, 0.2) is 11.5 Å². The van der Waals surface area contributed by atoms with E-state index >= 15 is 0 Å². The molecule has 1 N–H and O–H groups in total. The Morgan fingerprint density at radius 3 is 2.49 bits per heavy atom. The summed E-state index contributed by atoms with van der Waals surface area (Å²) in [5.74, 6) is 1.21. The van der Waals surface area contributed by atoms with E-state index in [2.05, 4.69) is 39.4 Å². The van der Waals surface area contributed by atoms with Gasteiger partial charge in [-0.1, -0.05) is 58.4 Å². The van der Waals surface area contributed by atoms with Gasteiger partial charge in [-0.2, -0.15) is 5.26 Å². The number of amides is 1. The number of nitriles is 1. The number of nitrogens with one attached hydrogen (secondary N) is 1. The van der Waals surface area contributed by atoms with Crippen molar-refractivity contribution in [3.05, 3.63) is 100 Å². The Bertz CT molecular complexity index is 1480. The highest BCUT2D eigenvalue weighted by Crippen LogP contribution is 2.35. The second-order valence-corrected chi connectivity index (χ2v) is 8.89. The fourth-order valence-corrected chi connectivity index (χ4v) is 4.25. The lowest BCUT2D eigenvalue weighted by atomic mass is 10.1. The smallest absolute Gasteiger partial charge is 0.266 e. The summed E-state index contributed by atoms with van der Waals surface area (Å²) in [5.41, 5.74) is 2.16. The summed E-state index contributed by atoms with van der Waals surface area (Å²) >= 11 is 3.54. The maximum absolute atomic E-state index is 12.8. The molecule has 0 spiro atoms. The van der Waals surface area contributed by atoms with E-state index in [0.717, 1.165) is 16.3 Å². The zero-order valence-electron chi connectivity index (χ0n) is 20.5. The van der Waals surface area contributed by atoms with Crippen LogP contribution in [0, 0.1) is 11.3 Å². The van der Waals surface area contributed by atoms with Crippen LogP contribution in [0.5, 0.6) is 17.2 Å². The Hall–Kier alpha value is -4.28. The molecular weight excluding hydrogens is 532 g/mol. The molecule has 0 aliphatic carbocycles. The minimum atomic E-state index is -0.520. The first kappa shape index (κ1) is 25.8. The maximum atomic E-state index is 12.8. The molecule has 0 saturated carbocycles. The van der Waals surface area contributed by atoms with Gasteiger partial charge >= 0.3 is 0 Å². The average molecular weight is 557 g/mol. The van der Waals surface area contributed by atoms with Gasteiger partial charge in [0.05, 0.1) is 13.7 Å². The molecule has 0 bridgehead atoms. The monoisotopic (exact) mass is 556 g/mol. The van der Waals surface area contributed by atoms with E-state index in [0.29, 0.717) is 46.2 Å². The van der Waals surface area contributed by atoms with Crippen LogP contribution in [0.2, 0.25) is 0 Å². The van der Waals surface area contributed by atoms with Crippen molar-refractivity contribution in [3.8, 4) is 23.3 Å². The second kappa shape index (κ2) is 12.1. The van der Waals surface area contributed by atoms with E-state index in [1.807, 2.05) is 37.3 Å². The zero-order chi connectivity index (χ0) is 26.2. The molecule has 6 nitrogen and oxygen atoms in total. The Balaban J connectivity index is 1.53. The highest BCUT2D eigenvalue weighted by atomic mass is 79.9. The van der Waals surface area contributed by atoms with Crippen molar-refractivity contribution < 1.29 is 19.0 Å². The van der Waals surface area contributed by atoms with Crippen LogP contribution in [0.1, 0.15) is 18.1 Å². The van der Waals surface area contributed by atoms with Gasteiger partial charge in [-0.15, -0.1) is 0 Å². The van der Waals surface area contributed by atoms with Gasteiger partial charge in [0, 0.05) is 10.2 Å². The maximum Gasteiger partial charge on any atom is 0.266 e. The van der Waals surface area contributed by atoms with Crippen LogP contribution in [0.25, 0.3) is 16.8 Å². The van der Waals surface area contributed by atoms with E-state index in [9.17, 15) is 10.1 Å². The van der Waals surface area contributed by atoms with Crippen molar-refractivity contribution >= 4 is 44.4 Å². The van der Waals surface area contributed by atoms with Gasteiger partial charge < -0.3 is 19.5 Å². The topological polar surface area (TPSA) is 80.6 Å². The van der Waals surface area contributed by atoms with Crippen LogP contribution < -0.4 is 19.5 Å². The number of halogens is 1. The Morgan fingerprint density at radius 2 is 1.76 bits per heavy atom. The van der Waals surface area contributed by atoms with E-state index in [1.165, 1.54) is 6.08 Å². The molecule has 0 aliphatic rings. The largest absolute Gasteiger partial charge is 0.494 e. The van der Waals surface area contributed by atoms with Crippen molar-refractivity contribution in [3.63, 3.8) is 0 Å². The van der Waals surface area contributed by atoms with Crippen LogP contribution in [0.15, 0.2) is 88.9 Å². The lowest BCUT2D eigenvalue weighted by molar-refractivity contribution is -0.112. The first-order valence-electron chi connectivity index (χ1n) is 11.7. The number of benzene rings is 4. The molecule has 0 aromatic heterocycles. The summed E-state index contributed by atoms with van der Waals surface area (Å²) in [6.45, 7) is 2.81. The van der Waals surface area contributed by atoms with E-state index in [1.54, 1.807) is 43.5 Å². The fraction of sp³-hybridized carbons (Fsp3) is 0.133. The number of rotatable bonds is 9. The molecule has 4 aromatic rings. The normalized spacial score (nSPS) is 11.0. The standard InChI is InChI=1S/C30H25BrN2O4/c1-3-36-25-13-11-24(12-14-25)33-30(34)23(18-32)15-22-16-28(35-2)29(17-27(22)31)37-19-21-9-6-8-20-7-4-5-10-26(20)21/h4-17H,3,19H2,1-2H3,(H,33,34)/b23-15-. The van der Waals surface area contributed by atoms with Crippen LogP contribution in [-0.2, 0) is 11.4 Å². The van der Waals surface area contributed by atoms with Gasteiger partial charge in [-0.05, 0) is 71.3 Å². The van der Waals surface area contributed by atoms with Gasteiger partial charge in [-0.25, -0.2) is 0 Å². The third-order valence-electron chi connectivity index (χ3n) is 5.63. The molecular formula is C30H25BrN2O4. The minimum Gasteiger partial charge on any atom is -0.494 e. The number of anilines is 1. The first-order chi connectivity index (χ1) is 18.0. The Kier molecular flexibility index (Phi) is 8.44. The van der Waals surface area contributed by atoms with Crippen LogP contribution >= 0.6 is 15.9 Å². The summed E-state index contributed by atoms with van der Waals surface area (Å²) in [4.78, 5) is 12.8. The number of nitrogens with zero attached hydrogens (tertiary/aromatic N) is 1. The number of hydrogen-bond donors (Lipinski definition) is 1. The van der Waals surface area contributed by atoms with Crippen LogP contribution in [0.3, 0.4) is 0 Å². The third kappa shape index (κ3) is 6.29. The molecule has 4 aromatic carbocycles. The molecule has 1 amide bonds. The summed E-state index contributed by atoms with van der Waals surface area (Å²) in [6.07, 6.45) is 1.50. The van der Waals surface area contributed by atoms with Crippen LogP contribution in [0.4, 0.5) is 5.69 Å². The number of carbonyl (C=O) groups is 1. The quantitative estimate of drug-likeness (QED) is 0.175. The van der Waals surface area contributed by atoms with E-state index in [-0.39, 0.29) is 5.57 Å². The highest BCUT2D eigenvalue weighted by Gasteiger charge is 2.14. The highest BCUT2D eigenvalue weighted by molar-refractivity contribution is 9.10. The van der Waals surface area contributed by atoms with Crippen molar-refractivity contribution in [1.29, 1.82) is 5.26 Å². The molecule has 37 heavy (non-hydrogen) atoms. The lowest BCUT2D eigenvalue weighted by Crippen LogP contribution is -2.13. The van der Waals surface area contributed by atoms with E-state index in [4.69, 9.17) is 14.2 Å². The summed E-state index contributed by atoms with van der Waals surface area (Å²) < 4.78 is 17.7. The van der Waals surface area contributed by atoms with Crippen molar-refractivity contribution in [2.45, 2.75) is 13.5 Å². The molecule has 0 aliphatic heterocycles. The number of fused-ring (bicyclic) bond motifs is 1. The number of hydrogen-bond acceptors (Lipinski definition) is 5. The third-order valence-corrected chi connectivity index (χ3v) is 6.32. The molecule has 0 saturated heterocycles. The number of carbonyl (C=O) groups excluding carboxylic acids is 1. The molecule has 0 fully saturated rings. The zero-order valence-corrected chi connectivity index (χ0v) is 22.0. The molecule has 7 heteroatoms. The molecule has 4 rings (SSSR count). The predicted molar refractivity (Wildman–Crippen MR) is 149 cm³/mol. The Morgan fingerprint density at radius 1 is 1.00 bits per heavy atom. The fourth-order valence-electron chi connectivity index (χ4n) is 3.81. The van der Waals surface area contributed by atoms with Crippen LogP contribution in [-0.4, -0.2) is 19.6 Å². The number of methoxy groups -OCH3 is 1. The molecule has 0 radical (unpaired) electrons. The van der Waals surface area contributed by atoms with Crippen molar-refractivity contribution in [2.75, 3.05) is 19.0 Å². The molecule has 186 valence electrons. The molecule has 0 unspecified atom stereocenters. The SMILES string of the molecule is CCOc1ccc(NC(=O)/C(C#N)=C\c2cc(OC)c(OCc3cccc4ccccc34)cc2Br)cc1.